The first kappa shape index (κ1) is 13.5. The summed E-state index contributed by atoms with van der Waals surface area (Å²) in [7, 11) is -3.71. The molecule has 0 fully saturated rings. The van der Waals surface area contributed by atoms with Gasteiger partial charge in [0.05, 0.1) is 4.90 Å². The maximum atomic E-state index is 11.2. The van der Waals surface area contributed by atoms with Crippen molar-refractivity contribution in [2.45, 2.75) is 4.90 Å². The molecule has 1 heterocycles. The number of rotatable bonds is 3. The smallest absolute Gasteiger partial charge is 0.258 e. The summed E-state index contributed by atoms with van der Waals surface area (Å²) < 4.78 is 27.6. The monoisotopic (exact) mass is 301 g/mol. The van der Waals surface area contributed by atoms with Crippen LogP contribution in [0.5, 0.6) is 0 Å². The lowest BCUT2D eigenvalue weighted by atomic mass is 10.2. The molecule has 2 aromatic carbocycles. The average molecular weight is 301 g/mol. The van der Waals surface area contributed by atoms with E-state index in [4.69, 9.17) is 9.66 Å². The average Bonchev–Trinajstić information content (AvgIpc) is 2.97. The number of nitrogens with two attached hydrogens (primary N) is 1. The number of aromatic nitrogens is 2. The van der Waals surface area contributed by atoms with Gasteiger partial charge in [0.1, 0.15) is 0 Å². The van der Waals surface area contributed by atoms with Crippen molar-refractivity contribution in [3.05, 3.63) is 54.6 Å². The second kappa shape index (κ2) is 5.12. The molecule has 6 nitrogen and oxygen atoms in total. The van der Waals surface area contributed by atoms with Crippen LogP contribution in [-0.4, -0.2) is 18.6 Å². The summed E-state index contributed by atoms with van der Waals surface area (Å²) in [4.78, 5) is 4.32. The van der Waals surface area contributed by atoms with Crippen LogP contribution in [0.3, 0.4) is 0 Å². The number of hydrogen-bond acceptors (Lipinski definition) is 5. The van der Waals surface area contributed by atoms with E-state index in [2.05, 4.69) is 10.1 Å². The summed E-state index contributed by atoms with van der Waals surface area (Å²) in [6.45, 7) is 0. The van der Waals surface area contributed by atoms with Crippen molar-refractivity contribution in [1.82, 2.24) is 10.1 Å². The van der Waals surface area contributed by atoms with Gasteiger partial charge in [-0.15, -0.1) is 0 Å². The van der Waals surface area contributed by atoms with Crippen molar-refractivity contribution >= 4 is 10.0 Å². The topological polar surface area (TPSA) is 99.1 Å². The Balaban J connectivity index is 1.94. The maximum absolute atomic E-state index is 11.2. The molecule has 0 atom stereocenters. The van der Waals surface area contributed by atoms with Gasteiger partial charge in [-0.1, -0.05) is 35.5 Å². The predicted molar refractivity (Wildman–Crippen MR) is 76.5 cm³/mol. The molecule has 0 saturated carbocycles. The molecule has 3 aromatic rings. The molecule has 3 rings (SSSR count). The standard InChI is InChI=1S/C14H11N3O3S/c15-21(18,19)12-8-6-11(7-9-12)14-16-13(17-20-14)10-4-2-1-3-5-10/h1-9H,(H2,15,18,19). The highest BCUT2D eigenvalue weighted by Gasteiger charge is 2.12. The summed E-state index contributed by atoms with van der Waals surface area (Å²) in [5.74, 6) is 0.788. The maximum Gasteiger partial charge on any atom is 0.258 e. The van der Waals surface area contributed by atoms with Gasteiger partial charge in [-0.3, -0.25) is 0 Å². The molecule has 0 aliphatic rings. The predicted octanol–water partition coefficient (Wildman–Crippen LogP) is 2.05. The van der Waals surface area contributed by atoms with Crippen LogP contribution in [0, 0.1) is 0 Å². The minimum absolute atomic E-state index is 0.0362. The molecule has 0 bridgehead atoms. The molecule has 7 heteroatoms. The lowest BCUT2D eigenvalue weighted by Crippen LogP contribution is -2.11. The van der Waals surface area contributed by atoms with Gasteiger partial charge >= 0.3 is 0 Å². The van der Waals surface area contributed by atoms with Gasteiger partial charge in [0.25, 0.3) is 5.89 Å². The van der Waals surface area contributed by atoms with E-state index in [0.717, 1.165) is 5.56 Å². The summed E-state index contributed by atoms with van der Waals surface area (Å²) >= 11 is 0. The molecule has 0 aliphatic carbocycles. The number of primary sulfonamides is 1. The minimum atomic E-state index is -3.71. The second-order valence-corrected chi connectivity index (χ2v) is 5.92. The van der Waals surface area contributed by atoms with Crippen molar-refractivity contribution in [2.75, 3.05) is 0 Å². The van der Waals surface area contributed by atoms with Crippen LogP contribution in [0.15, 0.2) is 64.0 Å². The summed E-state index contributed by atoms with van der Waals surface area (Å²) in [5.41, 5.74) is 1.46. The zero-order valence-electron chi connectivity index (χ0n) is 10.8. The molecule has 0 unspecified atom stereocenters. The minimum Gasteiger partial charge on any atom is -0.334 e. The van der Waals surface area contributed by atoms with E-state index < -0.39 is 10.0 Å². The first-order valence-electron chi connectivity index (χ1n) is 6.06. The normalized spacial score (nSPS) is 11.5. The van der Waals surface area contributed by atoms with Crippen LogP contribution >= 0.6 is 0 Å². The van der Waals surface area contributed by atoms with Gasteiger partial charge in [-0.2, -0.15) is 4.98 Å². The first-order valence-corrected chi connectivity index (χ1v) is 7.61. The van der Waals surface area contributed by atoms with Crippen LogP contribution in [0.25, 0.3) is 22.8 Å². The van der Waals surface area contributed by atoms with E-state index in [1.165, 1.54) is 12.1 Å². The lowest BCUT2D eigenvalue weighted by molar-refractivity contribution is 0.432. The van der Waals surface area contributed by atoms with E-state index in [9.17, 15) is 8.42 Å². The third-order valence-corrected chi connectivity index (χ3v) is 3.82. The lowest BCUT2D eigenvalue weighted by Gasteiger charge is -1.98. The van der Waals surface area contributed by atoms with E-state index >= 15 is 0 Å². The fourth-order valence-corrected chi connectivity index (χ4v) is 2.35. The molecular weight excluding hydrogens is 290 g/mol. The van der Waals surface area contributed by atoms with E-state index in [-0.39, 0.29) is 4.90 Å². The molecule has 1 aromatic heterocycles. The Morgan fingerprint density at radius 3 is 2.19 bits per heavy atom. The Labute approximate surface area is 121 Å². The van der Waals surface area contributed by atoms with Crippen molar-refractivity contribution in [3.8, 4) is 22.8 Å². The molecular formula is C14H11N3O3S. The van der Waals surface area contributed by atoms with Gasteiger partial charge in [0.15, 0.2) is 0 Å². The van der Waals surface area contributed by atoms with Gasteiger partial charge in [0.2, 0.25) is 15.8 Å². The van der Waals surface area contributed by atoms with Crippen LogP contribution in [-0.2, 0) is 10.0 Å². The Bertz CT molecular complexity index is 856. The highest BCUT2D eigenvalue weighted by Crippen LogP contribution is 2.22. The molecule has 0 amide bonds. The Hall–Kier alpha value is -2.51. The fourth-order valence-electron chi connectivity index (χ4n) is 1.83. The van der Waals surface area contributed by atoms with Crippen molar-refractivity contribution in [1.29, 1.82) is 0 Å². The zero-order chi connectivity index (χ0) is 14.9. The van der Waals surface area contributed by atoms with Gasteiger partial charge in [0, 0.05) is 11.1 Å². The molecule has 106 valence electrons. The van der Waals surface area contributed by atoms with Gasteiger partial charge in [-0.05, 0) is 24.3 Å². The van der Waals surface area contributed by atoms with E-state index in [1.807, 2.05) is 30.3 Å². The Morgan fingerprint density at radius 1 is 0.905 bits per heavy atom. The summed E-state index contributed by atoms with van der Waals surface area (Å²) in [5, 5.41) is 8.95. The largest absolute Gasteiger partial charge is 0.334 e. The van der Waals surface area contributed by atoms with Crippen LogP contribution < -0.4 is 5.14 Å². The molecule has 0 saturated heterocycles. The number of nitrogens with zero attached hydrogens (tertiary/aromatic N) is 2. The molecule has 21 heavy (non-hydrogen) atoms. The molecule has 0 aliphatic heterocycles. The quantitative estimate of drug-likeness (QED) is 0.798. The SMILES string of the molecule is NS(=O)(=O)c1ccc(-c2nc(-c3ccccc3)no2)cc1. The first-order chi connectivity index (χ1) is 10.0. The van der Waals surface area contributed by atoms with E-state index in [1.54, 1.807) is 12.1 Å². The highest BCUT2D eigenvalue weighted by atomic mass is 32.2. The highest BCUT2D eigenvalue weighted by molar-refractivity contribution is 7.89. The summed E-state index contributed by atoms with van der Waals surface area (Å²) in [6.07, 6.45) is 0. The summed E-state index contributed by atoms with van der Waals surface area (Å²) in [6, 6.07) is 15.4. The van der Waals surface area contributed by atoms with E-state index in [0.29, 0.717) is 17.3 Å². The van der Waals surface area contributed by atoms with Crippen LogP contribution in [0.4, 0.5) is 0 Å². The van der Waals surface area contributed by atoms with Crippen LogP contribution in [0.2, 0.25) is 0 Å². The third kappa shape index (κ3) is 2.83. The number of hydrogen-bond donors (Lipinski definition) is 1. The van der Waals surface area contributed by atoms with Crippen molar-refractivity contribution < 1.29 is 12.9 Å². The molecule has 0 spiro atoms. The fraction of sp³-hybridized carbons (Fsp3) is 0. The Morgan fingerprint density at radius 2 is 1.57 bits per heavy atom. The Kier molecular flexibility index (Phi) is 3.28. The number of sulfonamides is 1. The van der Waals surface area contributed by atoms with Crippen molar-refractivity contribution in [3.63, 3.8) is 0 Å². The second-order valence-electron chi connectivity index (χ2n) is 4.36. The van der Waals surface area contributed by atoms with Crippen molar-refractivity contribution in [2.24, 2.45) is 5.14 Å². The molecule has 0 radical (unpaired) electrons. The molecule has 2 N–H and O–H groups in total. The van der Waals surface area contributed by atoms with Gasteiger partial charge in [-0.25, -0.2) is 13.6 Å². The third-order valence-electron chi connectivity index (χ3n) is 2.89. The zero-order valence-corrected chi connectivity index (χ0v) is 11.6. The van der Waals surface area contributed by atoms with Crippen LogP contribution in [0.1, 0.15) is 0 Å². The van der Waals surface area contributed by atoms with Gasteiger partial charge < -0.3 is 4.52 Å². The number of benzene rings is 2.